The maximum Gasteiger partial charge on any atom is 0.192 e. The Morgan fingerprint density at radius 1 is 1.57 bits per heavy atom. The molecule has 5 heteroatoms. The van der Waals surface area contributed by atoms with Crippen LogP contribution in [0.15, 0.2) is 21.0 Å². The van der Waals surface area contributed by atoms with E-state index in [9.17, 15) is 0 Å². The van der Waals surface area contributed by atoms with E-state index in [0.717, 1.165) is 21.1 Å². The van der Waals surface area contributed by atoms with Crippen LogP contribution >= 0.6 is 15.9 Å². The van der Waals surface area contributed by atoms with Crippen molar-refractivity contribution >= 4 is 27.0 Å². The van der Waals surface area contributed by atoms with Crippen LogP contribution in [0.2, 0.25) is 0 Å². The fourth-order valence-corrected chi connectivity index (χ4v) is 1.76. The number of aryl methyl sites for hydroxylation is 1. The highest BCUT2D eigenvalue weighted by atomic mass is 79.9. The summed E-state index contributed by atoms with van der Waals surface area (Å²) in [5.74, 6) is 0.617. The van der Waals surface area contributed by atoms with Crippen LogP contribution in [-0.4, -0.2) is 10.2 Å². The van der Waals surface area contributed by atoms with Crippen LogP contribution in [0.3, 0.4) is 0 Å². The SMILES string of the molecule is Cc1nc2c(CNO)ccc(Br)c2o1. The quantitative estimate of drug-likeness (QED) is 0.811. The van der Waals surface area contributed by atoms with Crippen molar-refractivity contribution in [2.24, 2.45) is 0 Å². The minimum atomic E-state index is 0.357. The molecule has 2 N–H and O–H groups in total. The number of benzene rings is 1. The third kappa shape index (κ3) is 1.54. The Bertz CT molecular complexity index is 467. The van der Waals surface area contributed by atoms with Gasteiger partial charge < -0.3 is 9.62 Å². The molecular weight excluding hydrogens is 248 g/mol. The zero-order valence-electron chi connectivity index (χ0n) is 7.54. The van der Waals surface area contributed by atoms with Crippen molar-refractivity contribution in [3.8, 4) is 0 Å². The highest BCUT2D eigenvalue weighted by Crippen LogP contribution is 2.27. The Labute approximate surface area is 89.0 Å². The average molecular weight is 257 g/mol. The summed E-state index contributed by atoms with van der Waals surface area (Å²) in [6, 6.07) is 3.76. The summed E-state index contributed by atoms with van der Waals surface area (Å²) >= 11 is 3.38. The van der Waals surface area contributed by atoms with Gasteiger partial charge in [-0.25, -0.2) is 10.5 Å². The Morgan fingerprint density at radius 2 is 2.36 bits per heavy atom. The molecule has 0 aliphatic carbocycles. The second-order valence-electron chi connectivity index (χ2n) is 2.95. The zero-order chi connectivity index (χ0) is 10.1. The number of oxazole rings is 1. The number of hydrogen-bond acceptors (Lipinski definition) is 4. The minimum Gasteiger partial charge on any atom is -0.440 e. The van der Waals surface area contributed by atoms with Gasteiger partial charge in [0, 0.05) is 13.5 Å². The summed E-state index contributed by atoms with van der Waals surface area (Å²) < 4.78 is 6.29. The van der Waals surface area contributed by atoms with Gasteiger partial charge in [0.1, 0.15) is 5.52 Å². The molecule has 0 unspecified atom stereocenters. The highest BCUT2D eigenvalue weighted by molar-refractivity contribution is 9.10. The number of halogens is 1. The molecule has 1 heterocycles. The summed E-state index contributed by atoms with van der Waals surface area (Å²) in [4.78, 5) is 4.24. The topological polar surface area (TPSA) is 58.3 Å². The zero-order valence-corrected chi connectivity index (χ0v) is 9.13. The number of hydrogen-bond donors (Lipinski definition) is 2. The summed E-state index contributed by atoms with van der Waals surface area (Å²) in [6.45, 7) is 2.15. The Balaban J connectivity index is 2.68. The second kappa shape index (κ2) is 3.68. The first-order valence-corrected chi connectivity index (χ1v) is 4.93. The molecule has 0 saturated heterocycles. The van der Waals surface area contributed by atoms with Gasteiger partial charge in [-0.1, -0.05) is 6.07 Å². The average Bonchev–Trinajstić information content (AvgIpc) is 2.53. The third-order valence-corrected chi connectivity index (χ3v) is 2.58. The second-order valence-corrected chi connectivity index (χ2v) is 3.81. The van der Waals surface area contributed by atoms with E-state index in [1.165, 1.54) is 0 Å². The van der Waals surface area contributed by atoms with Gasteiger partial charge >= 0.3 is 0 Å². The Kier molecular flexibility index (Phi) is 2.54. The number of rotatable bonds is 2. The third-order valence-electron chi connectivity index (χ3n) is 1.96. The molecular formula is C9H9BrN2O2. The molecule has 14 heavy (non-hydrogen) atoms. The van der Waals surface area contributed by atoms with Gasteiger partial charge in [-0.05, 0) is 27.6 Å². The lowest BCUT2D eigenvalue weighted by atomic mass is 10.2. The normalized spacial score (nSPS) is 11.1. The number of hydroxylamine groups is 1. The van der Waals surface area contributed by atoms with Gasteiger partial charge in [-0.2, -0.15) is 0 Å². The van der Waals surface area contributed by atoms with Crippen molar-refractivity contribution in [1.82, 2.24) is 10.5 Å². The Morgan fingerprint density at radius 3 is 3.07 bits per heavy atom. The minimum absolute atomic E-state index is 0.357. The molecule has 0 fully saturated rings. The number of aromatic nitrogens is 1. The number of nitrogens with one attached hydrogen (secondary N) is 1. The molecule has 0 radical (unpaired) electrons. The first-order valence-electron chi connectivity index (χ1n) is 4.14. The standard InChI is InChI=1S/C9H9BrN2O2/c1-5-12-8-6(4-11-13)2-3-7(10)9(8)14-5/h2-3,11,13H,4H2,1H3. The van der Waals surface area contributed by atoms with Crippen LogP contribution < -0.4 is 5.48 Å². The predicted octanol–water partition coefficient (Wildman–Crippen LogP) is 2.38. The van der Waals surface area contributed by atoms with Gasteiger partial charge in [0.25, 0.3) is 0 Å². The van der Waals surface area contributed by atoms with Crippen molar-refractivity contribution in [2.75, 3.05) is 0 Å². The maximum absolute atomic E-state index is 8.64. The molecule has 1 aromatic heterocycles. The van der Waals surface area contributed by atoms with Crippen molar-refractivity contribution in [3.63, 3.8) is 0 Å². The van der Waals surface area contributed by atoms with Crippen molar-refractivity contribution in [1.29, 1.82) is 0 Å². The van der Waals surface area contributed by atoms with E-state index in [1.54, 1.807) is 6.92 Å². The summed E-state index contributed by atoms with van der Waals surface area (Å²) in [5, 5.41) is 8.64. The van der Waals surface area contributed by atoms with E-state index in [2.05, 4.69) is 26.4 Å². The predicted molar refractivity (Wildman–Crippen MR) is 55.1 cm³/mol. The highest BCUT2D eigenvalue weighted by Gasteiger charge is 2.10. The van der Waals surface area contributed by atoms with Crippen LogP contribution in [0.4, 0.5) is 0 Å². The molecule has 2 rings (SSSR count). The molecule has 0 spiro atoms. The van der Waals surface area contributed by atoms with E-state index >= 15 is 0 Å². The van der Waals surface area contributed by atoms with Crippen LogP contribution in [0, 0.1) is 6.92 Å². The van der Waals surface area contributed by atoms with Gasteiger partial charge in [-0.15, -0.1) is 0 Å². The van der Waals surface area contributed by atoms with E-state index in [1.807, 2.05) is 12.1 Å². The van der Waals surface area contributed by atoms with Crippen LogP contribution in [0.25, 0.3) is 11.1 Å². The lowest BCUT2D eigenvalue weighted by molar-refractivity contribution is 0.161. The molecule has 4 nitrogen and oxygen atoms in total. The molecule has 0 amide bonds. The van der Waals surface area contributed by atoms with E-state index in [-0.39, 0.29) is 0 Å². The first-order chi connectivity index (χ1) is 6.72. The fourth-order valence-electron chi connectivity index (χ4n) is 1.36. The van der Waals surface area contributed by atoms with E-state index in [0.29, 0.717) is 12.4 Å². The van der Waals surface area contributed by atoms with Gasteiger partial charge in [-0.3, -0.25) is 0 Å². The molecule has 0 bridgehead atoms. The molecule has 0 aliphatic rings. The lowest BCUT2D eigenvalue weighted by Crippen LogP contribution is -2.06. The van der Waals surface area contributed by atoms with Crippen molar-refractivity contribution in [3.05, 3.63) is 28.1 Å². The largest absolute Gasteiger partial charge is 0.440 e. The molecule has 2 aromatic rings. The van der Waals surface area contributed by atoms with Gasteiger partial charge in [0.2, 0.25) is 0 Å². The van der Waals surface area contributed by atoms with Crippen LogP contribution in [0.5, 0.6) is 0 Å². The monoisotopic (exact) mass is 256 g/mol. The van der Waals surface area contributed by atoms with E-state index in [4.69, 9.17) is 9.62 Å². The van der Waals surface area contributed by atoms with Gasteiger partial charge in [0.15, 0.2) is 11.5 Å². The van der Waals surface area contributed by atoms with Gasteiger partial charge in [0.05, 0.1) is 4.47 Å². The Hall–Kier alpha value is -0.910. The summed E-state index contributed by atoms with van der Waals surface area (Å²) in [6.07, 6.45) is 0. The molecule has 0 atom stereocenters. The van der Waals surface area contributed by atoms with Crippen molar-refractivity contribution < 1.29 is 9.62 Å². The summed E-state index contributed by atoms with van der Waals surface area (Å²) in [7, 11) is 0. The smallest absolute Gasteiger partial charge is 0.192 e. The molecule has 0 saturated carbocycles. The first kappa shape index (κ1) is 9.64. The van der Waals surface area contributed by atoms with Crippen LogP contribution in [-0.2, 0) is 6.54 Å². The van der Waals surface area contributed by atoms with Crippen molar-refractivity contribution in [2.45, 2.75) is 13.5 Å². The number of fused-ring (bicyclic) bond motifs is 1. The molecule has 0 aliphatic heterocycles. The fraction of sp³-hybridized carbons (Fsp3) is 0.222. The van der Waals surface area contributed by atoms with Crippen LogP contribution in [0.1, 0.15) is 11.5 Å². The number of nitrogens with zero attached hydrogens (tertiary/aromatic N) is 1. The lowest BCUT2D eigenvalue weighted by Gasteiger charge is -1.99. The maximum atomic E-state index is 8.64. The summed E-state index contributed by atoms with van der Waals surface area (Å²) in [5.41, 5.74) is 4.51. The van der Waals surface area contributed by atoms with E-state index < -0.39 is 0 Å². The molecule has 1 aromatic carbocycles. The molecule has 74 valence electrons.